The van der Waals surface area contributed by atoms with Gasteiger partial charge in [0.2, 0.25) is 0 Å². The second-order valence-electron chi connectivity index (χ2n) is 3.15. The molecule has 9 heteroatoms. The average Bonchev–Trinajstić information content (AvgIpc) is 2.12. The van der Waals surface area contributed by atoms with E-state index in [9.17, 15) is 35.1 Å². The van der Waals surface area contributed by atoms with E-state index >= 15 is 0 Å². The summed E-state index contributed by atoms with van der Waals surface area (Å²) in [5.41, 5.74) is 0. The minimum absolute atomic E-state index is 1.25. The zero-order valence-electron chi connectivity index (χ0n) is 8.42. The van der Waals surface area contributed by atoms with Crippen LogP contribution in [0, 0.1) is 0 Å². The number of alkyl halides is 8. The summed E-state index contributed by atoms with van der Waals surface area (Å²) in [6, 6.07) is 0. The highest BCUT2D eigenvalue weighted by atomic mass is 19.4. The van der Waals surface area contributed by atoms with E-state index in [0.717, 1.165) is 0 Å². The molecule has 0 bridgehead atoms. The largest absolute Gasteiger partial charge is 0.414 e. The van der Waals surface area contributed by atoms with Crippen LogP contribution in [-0.2, 0) is 4.74 Å². The quantitative estimate of drug-likeness (QED) is 0.673. The molecule has 0 amide bonds. The third kappa shape index (κ3) is 6.04. The highest BCUT2D eigenvalue weighted by Crippen LogP contribution is 2.32. The van der Waals surface area contributed by atoms with E-state index in [4.69, 9.17) is 0 Å². The molecule has 2 atom stereocenters. The maximum atomic E-state index is 12.1. The number of halogens is 8. The third-order valence-corrected chi connectivity index (χ3v) is 1.80. The van der Waals surface area contributed by atoms with Crippen molar-refractivity contribution in [3.8, 4) is 0 Å². The summed E-state index contributed by atoms with van der Waals surface area (Å²) in [6.45, 7) is -2.96. The van der Waals surface area contributed by atoms with Crippen LogP contribution >= 0.6 is 0 Å². The predicted octanol–water partition coefficient (Wildman–Crippen LogP) is 3.58. The Bertz CT molecular complexity index is 189. The van der Waals surface area contributed by atoms with Gasteiger partial charge in [0, 0.05) is 12.8 Å². The van der Waals surface area contributed by atoms with Crippen LogP contribution in [0.4, 0.5) is 35.1 Å². The lowest BCUT2D eigenvalue weighted by molar-refractivity contribution is -0.288. The Morgan fingerprint density at radius 2 is 1.00 bits per heavy atom. The topological polar surface area (TPSA) is 9.23 Å². The molecule has 0 aromatic rings. The van der Waals surface area contributed by atoms with Gasteiger partial charge in [-0.15, -0.1) is 0 Å². The van der Waals surface area contributed by atoms with Gasteiger partial charge in [0.15, 0.2) is 12.2 Å². The van der Waals surface area contributed by atoms with Crippen LogP contribution < -0.4 is 0 Å². The van der Waals surface area contributed by atoms with Gasteiger partial charge in [-0.1, -0.05) is 0 Å². The predicted molar refractivity (Wildman–Crippen MR) is 42.0 cm³/mol. The fourth-order valence-corrected chi connectivity index (χ4v) is 1.01. The Morgan fingerprint density at radius 3 is 1.18 bits per heavy atom. The van der Waals surface area contributed by atoms with E-state index in [2.05, 4.69) is 4.74 Å². The van der Waals surface area contributed by atoms with Crippen molar-refractivity contribution >= 4 is 0 Å². The summed E-state index contributed by atoms with van der Waals surface area (Å²) in [6.07, 6.45) is -18.5. The van der Waals surface area contributed by atoms with Crippen molar-refractivity contribution in [2.75, 3.05) is 13.3 Å². The summed E-state index contributed by atoms with van der Waals surface area (Å²) in [5, 5.41) is 0. The Morgan fingerprint density at radius 1 is 0.706 bits per heavy atom. The summed E-state index contributed by atoms with van der Waals surface area (Å²) >= 11 is 0. The first kappa shape index (κ1) is 16.4. The smallest absolute Gasteiger partial charge is 0.356 e. The van der Waals surface area contributed by atoms with Crippen molar-refractivity contribution in [2.24, 2.45) is 0 Å². The molecule has 0 aliphatic rings. The van der Waals surface area contributed by atoms with Gasteiger partial charge >= 0.3 is 12.4 Å². The summed E-state index contributed by atoms with van der Waals surface area (Å²) in [5.74, 6) is 0. The molecule has 2 unspecified atom stereocenters. The van der Waals surface area contributed by atoms with E-state index in [1.807, 2.05) is 0 Å². The van der Waals surface area contributed by atoms with Crippen molar-refractivity contribution in [1.82, 2.24) is 0 Å². The van der Waals surface area contributed by atoms with Gasteiger partial charge in [-0.2, -0.15) is 26.3 Å². The fourth-order valence-electron chi connectivity index (χ4n) is 1.01. The Kier molecular flexibility index (Phi) is 6.14. The van der Waals surface area contributed by atoms with Gasteiger partial charge in [0.05, 0.1) is 13.3 Å². The first-order chi connectivity index (χ1) is 7.62. The van der Waals surface area contributed by atoms with E-state index in [-0.39, 0.29) is 0 Å². The van der Waals surface area contributed by atoms with Gasteiger partial charge in [-0.3, -0.25) is 8.78 Å². The van der Waals surface area contributed by atoms with Crippen molar-refractivity contribution in [3.05, 3.63) is 0 Å². The molecule has 0 saturated carbocycles. The molecule has 0 rings (SSSR count). The second-order valence-corrected chi connectivity index (χ2v) is 3.15. The maximum absolute atomic E-state index is 12.1. The minimum Gasteiger partial charge on any atom is -0.356 e. The zero-order chi connectivity index (χ0) is 13.7. The molecule has 104 valence electrons. The van der Waals surface area contributed by atoms with Crippen LogP contribution in [-0.4, -0.2) is 37.9 Å². The Balaban J connectivity index is 4.68. The maximum Gasteiger partial charge on any atom is 0.414 e. The summed E-state index contributed by atoms with van der Waals surface area (Å²) < 4.78 is 100. The van der Waals surface area contributed by atoms with Crippen LogP contribution in [0.15, 0.2) is 0 Å². The first-order valence-electron chi connectivity index (χ1n) is 4.53. The Hall–Kier alpha value is -0.600. The average molecular weight is 274 g/mol. The van der Waals surface area contributed by atoms with Crippen molar-refractivity contribution in [2.45, 2.75) is 37.4 Å². The molecule has 0 N–H and O–H groups in total. The second kappa shape index (κ2) is 6.36. The van der Waals surface area contributed by atoms with E-state index in [1.54, 1.807) is 0 Å². The lowest BCUT2D eigenvalue weighted by Crippen LogP contribution is -2.42. The highest BCUT2D eigenvalue weighted by Gasteiger charge is 2.48. The monoisotopic (exact) mass is 274 g/mol. The van der Waals surface area contributed by atoms with Crippen LogP contribution in [0.25, 0.3) is 0 Å². The molecule has 0 aromatic heterocycles. The SMILES string of the molecule is FCCC(OC(CCF)C(F)(F)F)C(F)(F)F. The van der Waals surface area contributed by atoms with Crippen molar-refractivity contribution < 1.29 is 39.9 Å². The van der Waals surface area contributed by atoms with Crippen LogP contribution in [0.1, 0.15) is 12.8 Å². The number of ether oxygens (including phenoxy) is 1. The molecule has 0 heterocycles. The van der Waals surface area contributed by atoms with Crippen molar-refractivity contribution in [1.29, 1.82) is 0 Å². The van der Waals surface area contributed by atoms with E-state index < -0.39 is 50.8 Å². The first-order valence-corrected chi connectivity index (χ1v) is 4.53. The molecule has 0 radical (unpaired) electrons. The van der Waals surface area contributed by atoms with Crippen molar-refractivity contribution in [3.63, 3.8) is 0 Å². The normalized spacial score (nSPS) is 16.9. The molecule has 0 aliphatic carbocycles. The van der Waals surface area contributed by atoms with Crippen LogP contribution in [0.3, 0.4) is 0 Å². The Labute approximate surface area is 91.7 Å². The minimum atomic E-state index is -5.12. The van der Waals surface area contributed by atoms with Gasteiger partial charge < -0.3 is 4.74 Å². The lowest BCUT2D eigenvalue weighted by atomic mass is 10.2. The van der Waals surface area contributed by atoms with Crippen LogP contribution in [0.5, 0.6) is 0 Å². The molecule has 0 aromatic carbocycles. The number of rotatable bonds is 6. The molecule has 0 aliphatic heterocycles. The lowest BCUT2D eigenvalue weighted by Gasteiger charge is -2.26. The standard InChI is InChI=1S/C8H10F8O/c9-3-1-5(7(11,12)13)17-6(2-4-10)8(14,15)16/h5-6H,1-4H2. The summed E-state index contributed by atoms with van der Waals surface area (Å²) in [4.78, 5) is 0. The highest BCUT2D eigenvalue weighted by molar-refractivity contribution is 4.74. The van der Waals surface area contributed by atoms with E-state index in [0.29, 0.717) is 0 Å². The van der Waals surface area contributed by atoms with Gasteiger partial charge in [0.25, 0.3) is 0 Å². The molecule has 0 spiro atoms. The van der Waals surface area contributed by atoms with Gasteiger partial charge in [0.1, 0.15) is 0 Å². The molecule has 0 saturated heterocycles. The van der Waals surface area contributed by atoms with Gasteiger partial charge in [-0.05, 0) is 0 Å². The molecule has 1 nitrogen and oxygen atoms in total. The molecule has 0 fully saturated rings. The van der Waals surface area contributed by atoms with Crippen LogP contribution in [0.2, 0.25) is 0 Å². The van der Waals surface area contributed by atoms with Gasteiger partial charge in [-0.25, -0.2) is 0 Å². The number of hydrogen-bond donors (Lipinski definition) is 0. The zero-order valence-corrected chi connectivity index (χ0v) is 8.42. The third-order valence-electron chi connectivity index (χ3n) is 1.80. The number of hydrogen-bond acceptors (Lipinski definition) is 1. The fraction of sp³-hybridized carbons (Fsp3) is 1.00. The van der Waals surface area contributed by atoms with E-state index in [1.165, 1.54) is 0 Å². The molecular weight excluding hydrogens is 264 g/mol. The molecule has 17 heavy (non-hydrogen) atoms. The summed E-state index contributed by atoms with van der Waals surface area (Å²) in [7, 11) is 0. The molecular formula is C8H10F8O.